The highest BCUT2D eigenvalue weighted by Gasteiger charge is 2.22. The van der Waals surface area contributed by atoms with Crippen molar-refractivity contribution < 1.29 is 4.42 Å². The van der Waals surface area contributed by atoms with E-state index in [0.717, 1.165) is 21.9 Å². The molecule has 1 aromatic carbocycles. The van der Waals surface area contributed by atoms with E-state index in [1.807, 2.05) is 12.1 Å². The molecule has 1 fully saturated rings. The Morgan fingerprint density at radius 3 is 2.67 bits per heavy atom. The molecule has 124 valence electrons. The molecule has 0 spiro atoms. The van der Waals surface area contributed by atoms with Gasteiger partial charge in [0.2, 0.25) is 0 Å². The van der Waals surface area contributed by atoms with Gasteiger partial charge in [-0.25, -0.2) is 4.99 Å². The molecule has 2 aromatic heterocycles. The molecular weight excluding hydrogens is 316 g/mol. The highest BCUT2D eigenvalue weighted by Crippen LogP contribution is 2.33. The predicted molar refractivity (Wildman–Crippen MR) is 98.7 cm³/mol. The van der Waals surface area contributed by atoms with Crippen LogP contribution in [0.15, 0.2) is 51.4 Å². The van der Waals surface area contributed by atoms with E-state index in [0.29, 0.717) is 6.04 Å². The lowest BCUT2D eigenvalue weighted by Gasteiger charge is -2.14. The molecule has 1 saturated carbocycles. The van der Waals surface area contributed by atoms with Crippen LogP contribution >= 0.6 is 11.3 Å². The summed E-state index contributed by atoms with van der Waals surface area (Å²) < 4.78 is 8.06. The molecule has 4 rings (SSSR count). The Morgan fingerprint density at radius 2 is 1.96 bits per heavy atom. The largest absolute Gasteiger partial charge is 0.463 e. The maximum atomic E-state index is 5.66. The number of nitrogens with zero attached hydrogens (tertiary/aromatic N) is 2. The number of aromatic nitrogens is 1. The smallest absolute Gasteiger partial charge is 0.190 e. The van der Waals surface area contributed by atoms with Gasteiger partial charge in [0.1, 0.15) is 0 Å². The molecule has 3 aromatic rings. The zero-order valence-electron chi connectivity index (χ0n) is 14.2. The van der Waals surface area contributed by atoms with Crippen LogP contribution in [-0.2, 0) is 0 Å². The molecule has 3 nitrogen and oxygen atoms in total. The minimum atomic E-state index is 0.529. The molecule has 0 bridgehead atoms. The lowest BCUT2D eigenvalue weighted by Crippen LogP contribution is -2.19. The van der Waals surface area contributed by atoms with Crippen molar-refractivity contribution in [3.8, 4) is 11.5 Å². The van der Waals surface area contributed by atoms with Crippen LogP contribution in [0.2, 0.25) is 0 Å². The summed E-state index contributed by atoms with van der Waals surface area (Å²) in [6.07, 6.45) is 6.80. The van der Waals surface area contributed by atoms with E-state index in [9.17, 15) is 0 Å². The lowest BCUT2D eigenvalue weighted by atomic mass is 10.1. The van der Waals surface area contributed by atoms with Gasteiger partial charge in [-0.2, -0.15) is 0 Å². The van der Waals surface area contributed by atoms with Gasteiger partial charge in [0.15, 0.2) is 10.6 Å². The second kappa shape index (κ2) is 6.44. The summed E-state index contributed by atoms with van der Waals surface area (Å²) >= 11 is 1.70. The van der Waals surface area contributed by atoms with E-state index in [4.69, 9.17) is 9.41 Å². The van der Waals surface area contributed by atoms with Crippen LogP contribution in [0.3, 0.4) is 0 Å². The zero-order valence-corrected chi connectivity index (χ0v) is 15.0. The van der Waals surface area contributed by atoms with E-state index in [1.165, 1.54) is 36.8 Å². The van der Waals surface area contributed by atoms with E-state index in [2.05, 4.69) is 42.0 Å². The summed E-state index contributed by atoms with van der Waals surface area (Å²) in [4.78, 5) is 6.02. The third-order valence-electron chi connectivity index (χ3n) is 4.92. The molecule has 4 heteroatoms. The summed E-state index contributed by atoms with van der Waals surface area (Å²) in [5, 5.41) is 2.18. The predicted octanol–water partition coefficient (Wildman–Crippen LogP) is 5.77. The molecular formula is C20H22N2OS. The number of rotatable bonds is 3. The summed E-state index contributed by atoms with van der Waals surface area (Å²) in [5.41, 5.74) is 4.77. The van der Waals surface area contributed by atoms with Gasteiger partial charge in [0, 0.05) is 11.4 Å². The van der Waals surface area contributed by atoms with Gasteiger partial charge in [0.25, 0.3) is 0 Å². The van der Waals surface area contributed by atoms with E-state index < -0.39 is 0 Å². The molecule has 0 saturated heterocycles. The minimum absolute atomic E-state index is 0.529. The average molecular weight is 338 g/mol. The first kappa shape index (κ1) is 15.5. The fraction of sp³-hybridized carbons (Fsp3) is 0.350. The van der Waals surface area contributed by atoms with Crippen LogP contribution in [-0.4, -0.2) is 4.57 Å². The number of hydrogen-bond acceptors (Lipinski definition) is 3. The third kappa shape index (κ3) is 2.86. The summed E-state index contributed by atoms with van der Waals surface area (Å²) in [5.74, 6) is 0.930. The van der Waals surface area contributed by atoms with Crippen molar-refractivity contribution in [3.05, 3.63) is 57.9 Å². The molecule has 24 heavy (non-hydrogen) atoms. The molecule has 2 heterocycles. The van der Waals surface area contributed by atoms with Crippen LogP contribution < -0.4 is 4.80 Å². The highest BCUT2D eigenvalue weighted by molar-refractivity contribution is 7.07. The van der Waals surface area contributed by atoms with E-state index >= 15 is 0 Å². The maximum absolute atomic E-state index is 5.66. The van der Waals surface area contributed by atoms with Crippen molar-refractivity contribution in [1.29, 1.82) is 0 Å². The monoisotopic (exact) mass is 338 g/mol. The van der Waals surface area contributed by atoms with Gasteiger partial charge in [-0.05, 0) is 62.1 Å². The Balaban J connectivity index is 1.85. The summed E-state index contributed by atoms with van der Waals surface area (Å²) in [6.45, 7) is 4.28. The molecule has 1 aliphatic rings. The second-order valence-corrected chi connectivity index (χ2v) is 7.41. The van der Waals surface area contributed by atoms with Gasteiger partial charge in [-0.15, -0.1) is 11.3 Å². The second-order valence-electron chi connectivity index (χ2n) is 6.57. The number of aryl methyl sites for hydroxylation is 2. The normalized spacial score (nSPS) is 16.2. The summed E-state index contributed by atoms with van der Waals surface area (Å²) in [6, 6.07) is 10.9. The SMILES string of the molecule is Cc1ccc(N=c2scc(-c3ccco3)n2C2CCCC2)cc1C. The number of furan rings is 1. The fourth-order valence-corrected chi connectivity index (χ4v) is 4.39. The third-order valence-corrected chi connectivity index (χ3v) is 5.76. The molecule has 0 radical (unpaired) electrons. The van der Waals surface area contributed by atoms with Crippen molar-refractivity contribution >= 4 is 17.0 Å². The highest BCUT2D eigenvalue weighted by atomic mass is 32.1. The first-order chi connectivity index (χ1) is 11.7. The van der Waals surface area contributed by atoms with Crippen molar-refractivity contribution in [3.63, 3.8) is 0 Å². The number of benzene rings is 1. The van der Waals surface area contributed by atoms with Crippen LogP contribution in [0.5, 0.6) is 0 Å². The Morgan fingerprint density at radius 1 is 1.12 bits per heavy atom. The van der Waals surface area contributed by atoms with Gasteiger partial charge in [-0.1, -0.05) is 18.9 Å². The number of hydrogen-bond donors (Lipinski definition) is 0. The summed E-state index contributed by atoms with van der Waals surface area (Å²) in [7, 11) is 0. The Labute approximate surface area is 146 Å². The van der Waals surface area contributed by atoms with Gasteiger partial charge < -0.3 is 8.98 Å². The van der Waals surface area contributed by atoms with E-state index in [1.54, 1.807) is 17.6 Å². The first-order valence-electron chi connectivity index (χ1n) is 8.58. The van der Waals surface area contributed by atoms with E-state index in [-0.39, 0.29) is 0 Å². The fourth-order valence-electron chi connectivity index (χ4n) is 3.43. The Bertz CT molecular complexity index is 896. The van der Waals surface area contributed by atoms with Crippen LogP contribution in [0.4, 0.5) is 5.69 Å². The molecule has 0 N–H and O–H groups in total. The zero-order chi connectivity index (χ0) is 16.5. The van der Waals surface area contributed by atoms with Crippen molar-refractivity contribution in [2.45, 2.75) is 45.6 Å². The van der Waals surface area contributed by atoms with Crippen LogP contribution in [0.25, 0.3) is 11.5 Å². The standard InChI is InChI=1S/C20H22N2OS/c1-14-9-10-16(12-15(14)2)21-20-22(17-6-3-4-7-17)18(13-24-20)19-8-5-11-23-19/h5,8-13,17H,3-4,6-7H2,1-2H3. The van der Waals surface area contributed by atoms with Crippen LogP contribution in [0.1, 0.15) is 42.9 Å². The maximum Gasteiger partial charge on any atom is 0.190 e. The molecule has 0 unspecified atom stereocenters. The van der Waals surface area contributed by atoms with Gasteiger partial charge in [-0.3, -0.25) is 0 Å². The van der Waals surface area contributed by atoms with Crippen molar-refractivity contribution in [2.75, 3.05) is 0 Å². The molecule has 0 amide bonds. The first-order valence-corrected chi connectivity index (χ1v) is 9.46. The Kier molecular flexibility index (Phi) is 4.15. The van der Waals surface area contributed by atoms with Crippen molar-refractivity contribution in [1.82, 2.24) is 4.57 Å². The van der Waals surface area contributed by atoms with Gasteiger partial charge in [0.05, 0.1) is 17.6 Å². The average Bonchev–Trinajstić information content (AvgIpc) is 3.30. The molecule has 0 atom stereocenters. The molecule has 1 aliphatic carbocycles. The Hall–Kier alpha value is -2.07. The van der Waals surface area contributed by atoms with Crippen LogP contribution in [0, 0.1) is 13.8 Å². The van der Waals surface area contributed by atoms with Gasteiger partial charge >= 0.3 is 0 Å². The minimum Gasteiger partial charge on any atom is -0.463 e. The van der Waals surface area contributed by atoms with Crippen molar-refractivity contribution in [2.24, 2.45) is 4.99 Å². The lowest BCUT2D eigenvalue weighted by molar-refractivity contribution is 0.499. The quantitative estimate of drug-likeness (QED) is 0.596. The topological polar surface area (TPSA) is 30.4 Å². The molecule has 0 aliphatic heterocycles. The number of thiazole rings is 1.